The molecule has 2 aromatic carbocycles. The molecule has 2 amide bonds. The maximum Gasteiger partial charge on any atom is 0.251 e. The summed E-state index contributed by atoms with van der Waals surface area (Å²) in [6.45, 7) is 5.12. The first-order valence-electron chi connectivity index (χ1n) is 13.6. The Morgan fingerprint density at radius 3 is 2.29 bits per heavy atom. The van der Waals surface area contributed by atoms with Crippen LogP contribution in [0.15, 0.2) is 42.5 Å². The number of nitrogens with one attached hydrogen (secondary N) is 2. The summed E-state index contributed by atoms with van der Waals surface area (Å²) >= 11 is 0. The van der Waals surface area contributed by atoms with Gasteiger partial charge in [0.05, 0.1) is 12.6 Å². The number of Topliss-reactive ketones (excluding diaryl/α,β-unsaturated/α-hetero) is 1. The van der Waals surface area contributed by atoms with Crippen molar-refractivity contribution in [3.8, 4) is 0 Å². The molecule has 1 saturated heterocycles. The van der Waals surface area contributed by atoms with Crippen LogP contribution < -0.4 is 10.6 Å². The number of hydrogen-bond donors (Lipinski definition) is 2. The van der Waals surface area contributed by atoms with Gasteiger partial charge in [-0.3, -0.25) is 14.4 Å². The molecule has 1 aliphatic carbocycles. The molecule has 4 rings (SSSR count). The van der Waals surface area contributed by atoms with Gasteiger partial charge in [-0.15, -0.1) is 0 Å². The lowest BCUT2D eigenvalue weighted by Crippen LogP contribution is -2.51. The summed E-state index contributed by atoms with van der Waals surface area (Å²) in [6, 6.07) is 10.3. The van der Waals surface area contributed by atoms with Crippen LogP contribution in [0, 0.1) is 23.5 Å². The molecule has 6 nitrogen and oxygen atoms in total. The van der Waals surface area contributed by atoms with Crippen molar-refractivity contribution in [3.63, 3.8) is 0 Å². The molecule has 38 heavy (non-hydrogen) atoms. The van der Waals surface area contributed by atoms with E-state index in [1.54, 1.807) is 17.0 Å². The number of likely N-dealkylation sites (tertiary alicyclic amines) is 1. The van der Waals surface area contributed by atoms with Crippen LogP contribution in [-0.2, 0) is 16.1 Å². The molecule has 8 heteroatoms. The van der Waals surface area contributed by atoms with Crippen molar-refractivity contribution in [1.29, 1.82) is 0 Å². The molecule has 1 aliphatic heterocycles. The van der Waals surface area contributed by atoms with Crippen LogP contribution in [0.3, 0.4) is 0 Å². The summed E-state index contributed by atoms with van der Waals surface area (Å²) < 4.78 is 26.7. The number of halogens is 2. The maximum atomic E-state index is 13.7. The fourth-order valence-corrected chi connectivity index (χ4v) is 5.35. The molecule has 204 valence electrons. The van der Waals surface area contributed by atoms with Crippen molar-refractivity contribution < 1.29 is 23.2 Å². The number of hydrogen-bond acceptors (Lipinski definition) is 4. The van der Waals surface area contributed by atoms with Gasteiger partial charge < -0.3 is 15.5 Å². The zero-order valence-corrected chi connectivity index (χ0v) is 22.1. The highest BCUT2D eigenvalue weighted by Crippen LogP contribution is 2.29. The number of rotatable bonds is 10. The predicted molar refractivity (Wildman–Crippen MR) is 142 cm³/mol. The third-order valence-electron chi connectivity index (χ3n) is 7.77. The normalized spacial score (nSPS) is 17.2. The van der Waals surface area contributed by atoms with Crippen LogP contribution in [0.1, 0.15) is 73.4 Å². The maximum absolute atomic E-state index is 13.7. The van der Waals surface area contributed by atoms with E-state index >= 15 is 0 Å². The highest BCUT2D eigenvalue weighted by Gasteiger charge is 2.33. The molecule has 2 aromatic rings. The van der Waals surface area contributed by atoms with Gasteiger partial charge in [0.15, 0.2) is 5.78 Å². The number of carbonyl (C=O) groups excluding carboxylic acids is 3. The summed E-state index contributed by atoms with van der Waals surface area (Å²) in [4.78, 5) is 40.0. The quantitative estimate of drug-likeness (QED) is 0.476. The van der Waals surface area contributed by atoms with E-state index in [2.05, 4.69) is 10.6 Å². The Hall–Kier alpha value is -3.13. The number of amides is 2. The molecule has 0 radical (unpaired) electrons. The monoisotopic (exact) mass is 525 g/mol. The van der Waals surface area contributed by atoms with Crippen LogP contribution in [-0.4, -0.2) is 48.2 Å². The lowest BCUT2D eigenvalue weighted by atomic mass is 9.80. The summed E-state index contributed by atoms with van der Waals surface area (Å²) in [5, 5.41) is 5.95. The largest absolute Gasteiger partial charge is 0.342 e. The SMILES string of the molecule is CC(C)C(=O)[C@H](NC(=O)c1ccc(C2CN(C(=O)CNCc3ccc(F)cc3F)C2)cc1)C1CCCCC1. The van der Waals surface area contributed by atoms with E-state index in [-0.39, 0.29) is 48.4 Å². The lowest BCUT2D eigenvalue weighted by molar-refractivity contribution is -0.134. The van der Waals surface area contributed by atoms with E-state index in [0.717, 1.165) is 37.3 Å². The topological polar surface area (TPSA) is 78.5 Å². The Morgan fingerprint density at radius 2 is 1.66 bits per heavy atom. The first kappa shape index (κ1) is 27.9. The number of ketones is 1. The lowest BCUT2D eigenvalue weighted by Gasteiger charge is -2.39. The fraction of sp³-hybridized carbons (Fsp3) is 0.500. The first-order valence-corrected chi connectivity index (χ1v) is 13.6. The van der Waals surface area contributed by atoms with Crippen LogP contribution in [0.2, 0.25) is 0 Å². The van der Waals surface area contributed by atoms with Crippen molar-refractivity contribution in [2.45, 2.75) is 64.5 Å². The molecular weight excluding hydrogens is 488 g/mol. The van der Waals surface area contributed by atoms with Crippen molar-refractivity contribution in [3.05, 3.63) is 70.8 Å². The van der Waals surface area contributed by atoms with Crippen molar-refractivity contribution in [2.75, 3.05) is 19.6 Å². The smallest absolute Gasteiger partial charge is 0.251 e. The predicted octanol–water partition coefficient (Wildman–Crippen LogP) is 4.58. The molecule has 1 atom stereocenters. The number of nitrogens with zero attached hydrogens (tertiary/aromatic N) is 1. The second-order valence-electron chi connectivity index (χ2n) is 10.9. The van der Waals surface area contributed by atoms with Crippen LogP contribution in [0.25, 0.3) is 0 Å². The molecule has 1 heterocycles. The van der Waals surface area contributed by atoms with Crippen LogP contribution in [0.5, 0.6) is 0 Å². The van der Waals surface area contributed by atoms with E-state index in [0.29, 0.717) is 24.2 Å². The number of carbonyl (C=O) groups is 3. The van der Waals surface area contributed by atoms with Crippen molar-refractivity contribution in [1.82, 2.24) is 15.5 Å². The van der Waals surface area contributed by atoms with Gasteiger partial charge in [0.25, 0.3) is 5.91 Å². The second kappa shape index (κ2) is 12.6. The van der Waals surface area contributed by atoms with Gasteiger partial charge in [-0.05, 0) is 42.5 Å². The average Bonchev–Trinajstić information content (AvgIpc) is 2.88. The van der Waals surface area contributed by atoms with Crippen molar-refractivity contribution >= 4 is 17.6 Å². The van der Waals surface area contributed by atoms with E-state index in [4.69, 9.17) is 0 Å². The van der Waals surface area contributed by atoms with Gasteiger partial charge in [-0.1, -0.05) is 51.3 Å². The molecule has 2 fully saturated rings. The van der Waals surface area contributed by atoms with Gasteiger partial charge in [-0.25, -0.2) is 8.78 Å². The summed E-state index contributed by atoms with van der Waals surface area (Å²) in [5.74, 6) is -1.23. The molecular formula is C30H37F2N3O3. The molecule has 0 unspecified atom stereocenters. The zero-order chi connectivity index (χ0) is 27.2. The summed E-state index contributed by atoms with van der Waals surface area (Å²) in [7, 11) is 0. The van der Waals surface area contributed by atoms with Crippen LogP contribution >= 0.6 is 0 Å². The van der Waals surface area contributed by atoms with Gasteiger partial charge >= 0.3 is 0 Å². The van der Waals surface area contributed by atoms with E-state index in [9.17, 15) is 23.2 Å². The van der Waals surface area contributed by atoms with Gasteiger partial charge in [-0.2, -0.15) is 0 Å². The fourth-order valence-electron chi connectivity index (χ4n) is 5.35. The van der Waals surface area contributed by atoms with Gasteiger partial charge in [0.1, 0.15) is 11.6 Å². The number of benzene rings is 2. The molecule has 1 saturated carbocycles. The third-order valence-corrected chi connectivity index (χ3v) is 7.77. The first-order chi connectivity index (χ1) is 18.2. The Balaban J connectivity index is 1.25. The zero-order valence-electron chi connectivity index (χ0n) is 22.1. The Labute approximate surface area is 223 Å². The van der Waals surface area contributed by atoms with Crippen molar-refractivity contribution in [2.24, 2.45) is 11.8 Å². The minimum absolute atomic E-state index is 0.0693. The minimum atomic E-state index is -0.637. The van der Waals surface area contributed by atoms with Gasteiger partial charge in [0.2, 0.25) is 5.91 Å². The highest BCUT2D eigenvalue weighted by atomic mass is 19.1. The molecule has 2 N–H and O–H groups in total. The van der Waals surface area contributed by atoms with E-state index < -0.39 is 17.7 Å². The summed E-state index contributed by atoms with van der Waals surface area (Å²) in [6.07, 6.45) is 5.32. The van der Waals surface area contributed by atoms with Gasteiger partial charge in [0, 0.05) is 48.7 Å². The minimum Gasteiger partial charge on any atom is -0.342 e. The van der Waals surface area contributed by atoms with E-state index in [1.165, 1.54) is 18.6 Å². The third kappa shape index (κ3) is 6.84. The molecule has 0 aromatic heterocycles. The van der Waals surface area contributed by atoms with Crippen LogP contribution in [0.4, 0.5) is 8.78 Å². The Kier molecular flexibility index (Phi) is 9.26. The molecule has 0 bridgehead atoms. The molecule has 2 aliphatic rings. The molecule has 0 spiro atoms. The second-order valence-corrected chi connectivity index (χ2v) is 10.9. The Bertz CT molecular complexity index is 1140. The summed E-state index contributed by atoms with van der Waals surface area (Å²) in [5.41, 5.74) is 1.88. The standard InChI is InChI=1S/C30H37F2N3O3/c1-19(2)29(37)28(21-6-4-3-5-7-21)34-30(38)22-10-8-20(9-11-22)24-17-35(18-24)27(36)16-33-15-23-12-13-25(31)14-26(23)32/h8-14,19,21,24,28,33H,3-7,15-18H2,1-2H3,(H,34,38)/t28-/m1/s1. The Morgan fingerprint density at radius 1 is 0.974 bits per heavy atom. The highest BCUT2D eigenvalue weighted by molar-refractivity contribution is 5.98. The van der Waals surface area contributed by atoms with E-state index in [1.807, 2.05) is 26.0 Å². The average molecular weight is 526 g/mol.